The summed E-state index contributed by atoms with van der Waals surface area (Å²) >= 11 is 0. The summed E-state index contributed by atoms with van der Waals surface area (Å²) in [5.74, 6) is 1.31. The van der Waals surface area contributed by atoms with E-state index in [1.807, 2.05) is 0 Å². The van der Waals surface area contributed by atoms with Gasteiger partial charge in [0.25, 0.3) is 0 Å². The lowest BCUT2D eigenvalue weighted by molar-refractivity contribution is 0.0974. The molecule has 0 fully saturated rings. The van der Waals surface area contributed by atoms with Crippen molar-refractivity contribution in [3.05, 3.63) is 34.9 Å². The van der Waals surface area contributed by atoms with Crippen molar-refractivity contribution in [2.45, 2.75) is 72.6 Å². The first-order valence-corrected chi connectivity index (χ1v) is 9.35. The van der Waals surface area contributed by atoms with Crippen molar-refractivity contribution < 1.29 is 0 Å². The minimum Gasteiger partial charge on any atom is -0.308 e. The maximum Gasteiger partial charge on any atom is 0.0209 e. The van der Waals surface area contributed by atoms with Crippen molar-refractivity contribution in [3.63, 3.8) is 0 Å². The molecule has 3 unspecified atom stereocenters. The quantitative estimate of drug-likeness (QED) is 0.456. The molecule has 1 nitrogen and oxygen atoms in total. The molecule has 0 radical (unpaired) electrons. The van der Waals surface area contributed by atoms with Gasteiger partial charge in [-0.05, 0) is 80.1 Å². The van der Waals surface area contributed by atoms with Gasteiger partial charge in [0.1, 0.15) is 0 Å². The molecule has 0 spiro atoms. The molecule has 1 heteroatoms. The van der Waals surface area contributed by atoms with E-state index in [1.165, 1.54) is 43.3 Å². The minimum atomic E-state index is 0.277. The summed E-state index contributed by atoms with van der Waals surface area (Å²) in [7, 11) is 0. The summed E-state index contributed by atoms with van der Waals surface area (Å²) in [4.78, 5) is 0. The van der Waals surface area contributed by atoms with Crippen molar-refractivity contribution >= 4 is 6.21 Å². The normalized spacial score (nSPS) is 36.9. The van der Waals surface area contributed by atoms with Crippen LogP contribution in [0.3, 0.4) is 0 Å². The van der Waals surface area contributed by atoms with Gasteiger partial charge in [-0.1, -0.05) is 43.6 Å². The zero-order valence-corrected chi connectivity index (χ0v) is 15.5. The molecule has 0 bridgehead atoms. The fourth-order valence-corrected chi connectivity index (χ4v) is 5.63. The summed E-state index contributed by atoms with van der Waals surface area (Å²) in [6.07, 6.45) is 12.6. The van der Waals surface area contributed by atoms with Gasteiger partial charge in [-0.25, -0.2) is 0 Å². The Kier molecular flexibility index (Phi) is 4.19. The molecule has 126 valence electrons. The maximum absolute atomic E-state index is 7.79. The van der Waals surface area contributed by atoms with Gasteiger partial charge < -0.3 is 5.41 Å². The van der Waals surface area contributed by atoms with E-state index >= 15 is 0 Å². The van der Waals surface area contributed by atoms with E-state index in [9.17, 15) is 0 Å². The summed E-state index contributed by atoms with van der Waals surface area (Å²) in [5, 5.41) is 7.79. The number of hydrogen-bond donors (Lipinski definition) is 1. The standard InChI is InChI=1S/C22H33N/c1-6-18-11-15(2)17(14-23)13-22(18,5)19-7-8-20-16(12-19)9-10-21(20,3)4/h6,14,18-19,23H,1,7-13H2,2-5H3. The molecule has 0 aliphatic heterocycles. The van der Waals surface area contributed by atoms with Crippen molar-refractivity contribution in [1.29, 1.82) is 5.41 Å². The van der Waals surface area contributed by atoms with Crippen LogP contribution in [0.2, 0.25) is 0 Å². The van der Waals surface area contributed by atoms with Crippen LogP contribution in [0.4, 0.5) is 0 Å². The Morgan fingerprint density at radius 2 is 1.91 bits per heavy atom. The zero-order chi connectivity index (χ0) is 16.8. The average molecular weight is 312 g/mol. The Hall–Kier alpha value is -1.11. The van der Waals surface area contributed by atoms with Crippen LogP contribution < -0.4 is 0 Å². The highest BCUT2D eigenvalue weighted by atomic mass is 14.5. The van der Waals surface area contributed by atoms with E-state index < -0.39 is 0 Å². The second-order valence-electron chi connectivity index (χ2n) is 9.08. The molecular formula is C22H33N. The molecule has 3 aliphatic carbocycles. The van der Waals surface area contributed by atoms with Gasteiger partial charge in [-0.15, -0.1) is 6.58 Å². The van der Waals surface area contributed by atoms with Gasteiger partial charge in [0.15, 0.2) is 0 Å². The molecule has 1 N–H and O–H groups in total. The van der Waals surface area contributed by atoms with E-state index in [1.54, 1.807) is 17.4 Å². The second-order valence-corrected chi connectivity index (χ2v) is 9.08. The first-order chi connectivity index (χ1) is 10.8. The lowest BCUT2D eigenvalue weighted by Crippen LogP contribution is -2.39. The van der Waals surface area contributed by atoms with Crippen LogP contribution in [-0.4, -0.2) is 6.21 Å². The van der Waals surface area contributed by atoms with Gasteiger partial charge in [0.05, 0.1) is 0 Å². The van der Waals surface area contributed by atoms with Crippen LogP contribution in [0.15, 0.2) is 34.9 Å². The molecule has 0 heterocycles. The largest absolute Gasteiger partial charge is 0.308 e. The Morgan fingerprint density at radius 3 is 2.57 bits per heavy atom. The smallest absolute Gasteiger partial charge is 0.0209 e. The van der Waals surface area contributed by atoms with Crippen LogP contribution in [0.5, 0.6) is 0 Å². The van der Waals surface area contributed by atoms with Crippen LogP contribution in [0, 0.1) is 28.1 Å². The lowest BCUT2D eigenvalue weighted by Gasteiger charge is -2.48. The van der Waals surface area contributed by atoms with Gasteiger partial charge in [-0.2, -0.15) is 0 Å². The zero-order valence-electron chi connectivity index (χ0n) is 15.5. The summed E-state index contributed by atoms with van der Waals surface area (Å²) in [6.45, 7) is 13.7. The third-order valence-corrected chi connectivity index (χ3v) is 7.42. The minimum absolute atomic E-state index is 0.277. The van der Waals surface area contributed by atoms with Crippen molar-refractivity contribution in [2.75, 3.05) is 0 Å². The third kappa shape index (κ3) is 2.66. The molecule has 23 heavy (non-hydrogen) atoms. The van der Waals surface area contributed by atoms with Gasteiger partial charge in [-0.3, -0.25) is 0 Å². The topological polar surface area (TPSA) is 23.9 Å². The molecule has 3 rings (SSSR count). The molecule has 0 aromatic rings. The highest BCUT2D eigenvalue weighted by molar-refractivity contribution is 5.77. The van der Waals surface area contributed by atoms with Gasteiger partial charge in [0.2, 0.25) is 0 Å². The molecule has 3 aliphatic rings. The van der Waals surface area contributed by atoms with Crippen molar-refractivity contribution in [1.82, 2.24) is 0 Å². The number of nitrogens with one attached hydrogen (secondary N) is 1. The van der Waals surface area contributed by atoms with Crippen LogP contribution in [0.1, 0.15) is 72.6 Å². The van der Waals surface area contributed by atoms with Crippen molar-refractivity contribution in [3.8, 4) is 0 Å². The molecule has 0 saturated heterocycles. The summed E-state index contributed by atoms with van der Waals surface area (Å²) < 4.78 is 0. The predicted molar refractivity (Wildman–Crippen MR) is 99.9 cm³/mol. The summed E-state index contributed by atoms with van der Waals surface area (Å²) in [5.41, 5.74) is 6.96. The summed E-state index contributed by atoms with van der Waals surface area (Å²) in [6, 6.07) is 0. The number of hydrogen-bond acceptors (Lipinski definition) is 1. The average Bonchev–Trinajstić information content (AvgIpc) is 2.84. The monoisotopic (exact) mass is 311 g/mol. The molecule has 0 saturated carbocycles. The number of rotatable bonds is 3. The van der Waals surface area contributed by atoms with Crippen LogP contribution >= 0.6 is 0 Å². The Morgan fingerprint density at radius 1 is 1.17 bits per heavy atom. The van der Waals surface area contributed by atoms with Crippen LogP contribution in [-0.2, 0) is 0 Å². The molecule has 0 amide bonds. The Bertz CT molecular complexity index is 589. The molecule has 3 atom stereocenters. The van der Waals surface area contributed by atoms with Crippen LogP contribution in [0.25, 0.3) is 0 Å². The first-order valence-electron chi connectivity index (χ1n) is 9.35. The second kappa shape index (κ2) is 5.76. The molecule has 0 aromatic carbocycles. The van der Waals surface area contributed by atoms with Gasteiger partial charge >= 0.3 is 0 Å². The van der Waals surface area contributed by atoms with E-state index in [-0.39, 0.29) is 5.41 Å². The predicted octanol–water partition coefficient (Wildman–Crippen LogP) is 6.47. The highest BCUT2D eigenvalue weighted by Crippen LogP contribution is 2.57. The van der Waals surface area contributed by atoms with E-state index in [0.717, 1.165) is 18.8 Å². The van der Waals surface area contributed by atoms with E-state index in [4.69, 9.17) is 5.41 Å². The van der Waals surface area contributed by atoms with Gasteiger partial charge in [0, 0.05) is 6.21 Å². The fraction of sp³-hybridized carbons (Fsp3) is 0.682. The first kappa shape index (κ1) is 16.7. The Labute approximate surface area is 142 Å². The lowest BCUT2D eigenvalue weighted by atomic mass is 9.56. The fourth-order valence-electron chi connectivity index (χ4n) is 5.63. The van der Waals surface area contributed by atoms with E-state index in [0.29, 0.717) is 11.3 Å². The third-order valence-electron chi connectivity index (χ3n) is 7.42. The Balaban J connectivity index is 1.89. The molecular weight excluding hydrogens is 278 g/mol. The maximum atomic E-state index is 7.79. The molecule has 0 aromatic heterocycles. The number of allylic oxidation sites excluding steroid dienone is 5. The van der Waals surface area contributed by atoms with Crippen molar-refractivity contribution in [2.24, 2.45) is 22.7 Å². The van der Waals surface area contributed by atoms with E-state index in [2.05, 4.69) is 40.3 Å². The highest BCUT2D eigenvalue weighted by Gasteiger charge is 2.46. The SMILES string of the molecule is C=CC1CC(C)=C(C=N)CC1(C)C1CCC2=C(CCC2(C)C)C1.